The number of fused-ring (bicyclic) bond motifs is 1. The van der Waals surface area contributed by atoms with Crippen LogP contribution >= 0.6 is 0 Å². The van der Waals surface area contributed by atoms with Crippen LogP contribution in [0, 0.1) is 6.92 Å². The van der Waals surface area contributed by atoms with Crippen LogP contribution in [-0.4, -0.2) is 21.8 Å². The summed E-state index contributed by atoms with van der Waals surface area (Å²) in [6, 6.07) is 3.79. The van der Waals surface area contributed by atoms with Crippen LogP contribution in [0.15, 0.2) is 18.3 Å². The highest BCUT2D eigenvalue weighted by Crippen LogP contribution is 2.19. The van der Waals surface area contributed by atoms with Gasteiger partial charge in [0, 0.05) is 11.6 Å². The van der Waals surface area contributed by atoms with Crippen molar-refractivity contribution in [3.8, 4) is 0 Å². The highest BCUT2D eigenvalue weighted by Gasteiger charge is 2.06. The Kier molecular flexibility index (Phi) is 3.23. The van der Waals surface area contributed by atoms with Gasteiger partial charge in [-0.05, 0) is 26.0 Å². The van der Waals surface area contributed by atoms with Crippen molar-refractivity contribution in [2.75, 3.05) is 12.0 Å². The number of pyridine rings is 1. The van der Waals surface area contributed by atoms with Crippen molar-refractivity contribution in [3.05, 3.63) is 24.0 Å². The normalized spacial score (nSPS) is 10.6. The Bertz CT molecular complexity index is 488. The lowest BCUT2D eigenvalue weighted by molar-refractivity contribution is 0.0674. The zero-order valence-electron chi connectivity index (χ0n) is 9.19. The summed E-state index contributed by atoms with van der Waals surface area (Å²) in [6.45, 7) is 4.32. The number of aryl methyl sites for hydroxylation is 1. The van der Waals surface area contributed by atoms with E-state index in [0.717, 1.165) is 16.6 Å². The molecule has 0 spiro atoms. The molecule has 0 atom stereocenters. The highest BCUT2D eigenvalue weighted by atomic mass is 16.7. The first-order valence-corrected chi connectivity index (χ1v) is 5.03. The largest absolute Gasteiger partial charge is 0.283 e. The maximum Gasteiger partial charge on any atom is 0.174 e. The monoisotopic (exact) mass is 219 g/mol. The van der Waals surface area contributed by atoms with E-state index in [4.69, 9.17) is 4.84 Å². The molecule has 84 valence electrons. The molecule has 2 aromatic rings. The summed E-state index contributed by atoms with van der Waals surface area (Å²) in [7, 11) is 0. The second kappa shape index (κ2) is 4.82. The Morgan fingerprint density at radius 1 is 1.38 bits per heavy atom. The van der Waals surface area contributed by atoms with Crippen LogP contribution in [-0.2, 0) is 4.84 Å². The molecule has 2 rings (SSSR count). The van der Waals surface area contributed by atoms with Gasteiger partial charge in [0.2, 0.25) is 0 Å². The van der Waals surface area contributed by atoms with E-state index in [0.29, 0.717) is 12.4 Å². The molecule has 6 nitrogen and oxygen atoms in total. The SMILES string of the molecule is CCONNc1nnc(C)c2ncccc12. The predicted octanol–water partition coefficient (Wildman–Crippen LogP) is 1.20. The van der Waals surface area contributed by atoms with Crippen LogP contribution < -0.4 is 11.0 Å². The van der Waals surface area contributed by atoms with Gasteiger partial charge in [-0.15, -0.1) is 10.7 Å². The lowest BCUT2D eigenvalue weighted by Crippen LogP contribution is -2.23. The van der Waals surface area contributed by atoms with Gasteiger partial charge in [0.25, 0.3) is 0 Å². The second-order valence-corrected chi connectivity index (χ2v) is 3.19. The molecule has 0 amide bonds. The Morgan fingerprint density at radius 3 is 3.06 bits per heavy atom. The molecule has 0 unspecified atom stereocenters. The first-order valence-electron chi connectivity index (χ1n) is 5.03. The van der Waals surface area contributed by atoms with Crippen molar-refractivity contribution >= 4 is 16.7 Å². The van der Waals surface area contributed by atoms with Crippen LogP contribution in [0.4, 0.5) is 5.82 Å². The Balaban J connectivity index is 2.35. The number of nitrogens with zero attached hydrogens (tertiary/aromatic N) is 3. The number of aromatic nitrogens is 3. The molecule has 2 aromatic heterocycles. The summed E-state index contributed by atoms with van der Waals surface area (Å²) in [5.74, 6) is 0.599. The maximum absolute atomic E-state index is 4.97. The van der Waals surface area contributed by atoms with Gasteiger partial charge in [0.1, 0.15) is 0 Å². The van der Waals surface area contributed by atoms with Crippen molar-refractivity contribution in [1.82, 2.24) is 20.8 Å². The molecule has 0 aliphatic carbocycles. The van der Waals surface area contributed by atoms with Crippen LogP contribution in [0.1, 0.15) is 12.6 Å². The Hall–Kier alpha value is -1.79. The average molecular weight is 219 g/mol. The van der Waals surface area contributed by atoms with E-state index in [-0.39, 0.29) is 0 Å². The van der Waals surface area contributed by atoms with Gasteiger partial charge in [-0.3, -0.25) is 15.2 Å². The molecule has 0 aliphatic rings. The summed E-state index contributed by atoms with van der Waals surface area (Å²) in [4.78, 5) is 9.23. The van der Waals surface area contributed by atoms with Crippen molar-refractivity contribution in [1.29, 1.82) is 0 Å². The van der Waals surface area contributed by atoms with Crippen LogP contribution in [0.2, 0.25) is 0 Å². The zero-order valence-corrected chi connectivity index (χ0v) is 9.19. The summed E-state index contributed by atoms with van der Waals surface area (Å²) in [5, 5.41) is 8.95. The van der Waals surface area contributed by atoms with Crippen molar-refractivity contribution in [2.24, 2.45) is 0 Å². The van der Waals surface area contributed by atoms with Gasteiger partial charge < -0.3 is 0 Å². The summed E-state index contributed by atoms with van der Waals surface area (Å²) in [6.07, 6.45) is 1.73. The fraction of sp³-hybridized carbons (Fsp3) is 0.300. The molecule has 16 heavy (non-hydrogen) atoms. The average Bonchev–Trinajstić information content (AvgIpc) is 2.33. The molecule has 0 bridgehead atoms. The van der Waals surface area contributed by atoms with E-state index in [2.05, 4.69) is 26.2 Å². The van der Waals surface area contributed by atoms with Crippen LogP contribution in [0.25, 0.3) is 10.9 Å². The van der Waals surface area contributed by atoms with Crippen molar-refractivity contribution in [3.63, 3.8) is 0 Å². The highest BCUT2D eigenvalue weighted by molar-refractivity contribution is 5.89. The van der Waals surface area contributed by atoms with Gasteiger partial charge in [0.05, 0.1) is 17.8 Å². The van der Waals surface area contributed by atoms with E-state index >= 15 is 0 Å². The summed E-state index contributed by atoms with van der Waals surface area (Å²) >= 11 is 0. The molecule has 0 radical (unpaired) electrons. The molecule has 2 heterocycles. The molecule has 6 heteroatoms. The van der Waals surface area contributed by atoms with Gasteiger partial charge in [0.15, 0.2) is 5.82 Å². The number of hydrogen-bond donors (Lipinski definition) is 2. The molecule has 0 aromatic carbocycles. The van der Waals surface area contributed by atoms with E-state index in [9.17, 15) is 0 Å². The molecule has 0 aliphatic heterocycles. The standard InChI is InChI=1S/C10H13N5O/c1-3-16-15-14-10-8-5-4-6-11-9(8)7(2)12-13-10/h4-6,15H,3H2,1-2H3,(H,13,14). The second-order valence-electron chi connectivity index (χ2n) is 3.19. The van der Waals surface area contributed by atoms with Gasteiger partial charge in [-0.1, -0.05) is 0 Å². The molecular weight excluding hydrogens is 206 g/mol. The topological polar surface area (TPSA) is 72.0 Å². The van der Waals surface area contributed by atoms with Crippen LogP contribution in [0.5, 0.6) is 0 Å². The number of hydrogen-bond acceptors (Lipinski definition) is 6. The van der Waals surface area contributed by atoms with E-state index < -0.39 is 0 Å². The predicted molar refractivity (Wildman–Crippen MR) is 60.5 cm³/mol. The lowest BCUT2D eigenvalue weighted by atomic mass is 10.2. The maximum atomic E-state index is 4.97. The fourth-order valence-electron chi connectivity index (χ4n) is 1.36. The zero-order chi connectivity index (χ0) is 11.4. The molecule has 0 saturated carbocycles. The van der Waals surface area contributed by atoms with Crippen LogP contribution in [0.3, 0.4) is 0 Å². The minimum atomic E-state index is 0.558. The minimum Gasteiger partial charge on any atom is -0.283 e. The molecule has 0 saturated heterocycles. The number of hydrazine groups is 1. The van der Waals surface area contributed by atoms with E-state index in [1.807, 2.05) is 26.0 Å². The number of rotatable bonds is 4. The Morgan fingerprint density at radius 2 is 2.25 bits per heavy atom. The fourth-order valence-corrected chi connectivity index (χ4v) is 1.36. The van der Waals surface area contributed by atoms with E-state index in [1.165, 1.54) is 0 Å². The quantitative estimate of drug-likeness (QED) is 0.594. The first kappa shape index (κ1) is 10.7. The third kappa shape index (κ3) is 2.07. The minimum absolute atomic E-state index is 0.558. The van der Waals surface area contributed by atoms with Gasteiger partial charge in [-0.2, -0.15) is 5.10 Å². The molecule has 0 fully saturated rings. The summed E-state index contributed by atoms with van der Waals surface area (Å²) in [5.41, 5.74) is 7.05. The Labute approximate surface area is 93.0 Å². The summed E-state index contributed by atoms with van der Waals surface area (Å²) < 4.78 is 0. The van der Waals surface area contributed by atoms with Crippen molar-refractivity contribution < 1.29 is 4.84 Å². The first-order chi connectivity index (χ1) is 7.83. The third-order valence-electron chi connectivity index (χ3n) is 2.09. The van der Waals surface area contributed by atoms with Gasteiger partial charge >= 0.3 is 0 Å². The molecule has 2 N–H and O–H groups in total. The van der Waals surface area contributed by atoms with E-state index in [1.54, 1.807) is 6.20 Å². The number of anilines is 1. The number of nitrogens with one attached hydrogen (secondary N) is 2. The third-order valence-corrected chi connectivity index (χ3v) is 2.09. The molecular formula is C10H13N5O. The van der Waals surface area contributed by atoms with Crippen molar-refractivity contribution in [2.45, 2.75) is 13.8 Å². The smallest absolute Gasteiger partial charge is 0.174 e. The van der Waals surface area contributed by atoms with Gasteiger partial charge in [-0.25, -0.2) is 0 Å². The lowest BCUT2D eigenvalue weighted by Gasteiger charge is -2.08.